The smallest absolute Gasteiger partial charge is 0.271 e. The number of amides is 1. The lowest BCUT2D eigenvalue weighted by molar-refractivity contribution is 0.0955. The van der Waals surface area contributed by atoms with E-state index in [1.54, 1.807) is 61.4 Å². The average Bonchev–Trinajstić information content (AvgIpc) is 3.56. The van der Waals surface area contributed by atoms with Crippen LogP contribution in [0, 0.1) is 0 Å². The highest BCUT2D eigenvalue weighted by molar-refractivity contribution is 7.98. The van der Waals surface area contributed by atoms with Gasteiger partial charge in [0.25, 0.3) is 5.91 Å². The van der Waals surface area contributed by atoms with Gasteiger partial charge in [-0.15, -0.1) is 10.2 Å². The lowest BCUT2D eigenvalue weighted by Crippen LogP contribution is -2.23. The summed E-state index contributed by atoms with van der Waals surface area (Å²) in [5.41, 5.74) is 5.28. The number of aromatic nitrogens is 3. The number of carbonyl (C=O) groups excluding carboxylic acids is 1. The van der Waals surface area contributed by atoms with Crippen LogP contribution in [0.15, 0.2) is 92.8 Å². The van der Waals surface area contributed by atoms with E-state index in [4.69, 9.17) is 4.42 Å². The molecule has 0 unspecified atom stereocenters. The van der Waals surface area contributed by atoms with E-state index in [9.17, 15) is 13.2 Å². The molecular formula is C24H24N6O4S2. The van der Waals surface area contributed by atoms with E-state index >= 15 is 0 Å². The van der Waals surface area contributed by atoms with Crippen molar-refractivity contribution in [1.29, 1.82) is 0 Å². The van der Waals surface area contributed by atoms with Crippen LogP contribution in [0.25, 0.3) is 0 Å². The molecular weight excluding hydrogens is 500 g/mol. The monoisotopic (exact) mass is 524 g/mol. The van der Waals surface area contributed by atoms with E-state index in [0.717, 1.165) is 10.7 Å². The van der Waals surface area contributed by atoms with Crippen molar-refractivity contribution in [3.05, 3.63) is 95.7 Å². The molecule has 2 N–H and O–H groups in total. The number of aryl methyl sites for hydroxylation is 1. The number of carbonyl (C=O) groups is 1. The number of thioether (sulfide) groups is 1. The van der Waals surface area contributed by atoms with Gasteiger partial charge in [-0.05, 0) is 54.4 Å². The first kappa shape index (κ1) is 25.4. The zero-order valence-corrected chi connectivity index (χ0v) is 21.2. The first-order valence-corrected chi connectivity index (χ1v) is 13.3. The summed E-state index contributed by atoms with van der Waals surface area (Å²) < 4.78 is 34.4. The predicted octanol–water partition coefficient (Wildman–Crippen LogP) is 3.33. The van der Waals surface area contributed by atoms with Crippen LogP contribution in [-0.4, -0.2) is 34.8 Å². The molecule has 0 saturated carbocycles. The van der Waals surface area contributed by atoms with E-state index < -0.39 is 10.0 Å². The summed E-state index contributed by atoms with van der Waals surface area (Å²) in [4.78, 5) is 12.6. The molecule has 0 bridgehead atoms. The fourth-order valence-electron chi connectivity index (χ4n) is 3.11. The first-order chi connectivity index (χ1) is 17.3. The predicted molar refractivity (Wildman–Crippen MR) is 136 cm³/mol. The van der Waals surface area contributed by atoms with Gasteiger partial charge in [0, 0.05) is 18.4 Å². The van der Waals surface area contributed by atoms with Gasteiger partial charge in [0.2, 0.25) is 10.0 Å². The number of hydrogen-bond donors (Lipinski definition) is 2. The Kier molecular flexibility index (Phi) is 7.98. The van der Waals surface area contributed by atoms with Crippen molar-refractivity contribution in [2.75, 3.05) is 0 Å². The highest BCUT2D eigenvalue weighted by atomic mass is 32.2. The minimum absolute atomic E-state index is 0.0605. The lowest BCUT2D eigenvalue weighted by Gasteiger charge is -2.07. The molecule has 2 heterocycles. The number of furan rings is 1. The second-order valence-electron chi connectivity index (χ2n) is 7.78. The Morgan fingerprint density at radius 2 is 1.81 bits per heavy atom. The molecule has 0 spiro atoms. The van der Waals surface area contributed by atoms with Crippen LogP contribution < -0.4 is 10.1 Å². The SMILES string of the molecule is C/C(=N\NC(=O)c1ccc(CSc2nncn2C)cc1)c1ccc(S(=O)(=O)NCc2ccco2)cc1. The molecule has 36 heavy (non-hydrogen) atoms. The van der Waals surface area contributed by atoms with Crippen molar-refractivity contribution in [1.82, 2.24) is 24.9 Å². The summed E-state index contributed by atoms with van der Waals surface area (Å²) >= 11 is 1.56. The quantitative estimate of drug-likeness (QED) is 0.185. The summed E-state index contributed by atoms with van der Waals surface area (Å²) in [7, 11) is -1.81. The van der Waals surface area contributed by atoms with Crippen LogP contribution in [0.2, 0.25) is 0 Å². The van der Waals surface area contributed by atoms with E-state index in [0.29, 0.717) is 28.4 Å². The molecule has 0 saturated heterocycles. The molecule has 0 aliphatic heterocycles. The van der Waals surface area contributed by atoms with Crippen molar-refractivity contribution in [2.24, 2.45) is 12.1 Å². The Morgan fingerprint density at radius 1 is 1.08 bits per heavy atom. The molecule has 4 aromatic rings. The van der Waals surface area contributed by atoms with Gasteiger partial charge >= 0.3 is 0 Å². The molecule has 4 rings (SSSR count). The third-order valence-electron chi connectivity index (χ3n) is 5.18. The fourth-order valence-corrected chi connectivity index (χ4v) is 4.94. The summed E-state index contributed by atoms with van der Waals surface area (Å²) in [6, 6.07) is 16.9. The number of benzene rings is 2. The Bertz CT molecular complexity index is 1450. The van der Waals surface area contributed by atoms with Crippen LogP contribution in [0.3, 0.4) is 0 Å². The maximum Gasteiger partial charge on any atom is 0.271 e. The number of hydrogen-bond acceptors (Lipinski definition) is 8. The summed E-state index contributed by atoms with van der Waals surface area (Å²) in [6.45, 7) is 1.79. The zero-order valence-electron chi connectivity index (χ0n) is 19.6. The maximum atomic E-state index is 12.5. The van der Waals surface area contributed by atoms with Gasteiger partial charge in [-0.3, -0.25) is 4.79 Å². The Morgan fingerprint density at radius 3 is 2.44 bits per heavy atom. The Labute approximate surface area is 212 Å². The van der Waals surface area contributed by atoms with Gasteiger partial charge in [-0.1, -0.05) is 36.0 Å². The van der Waals surface area contributed by atoms with Crippen LogP contribution in [-0.2, 0) is 29.4 Å². The van der Waals surface area contributed by atoms with E-state index in [-0.39, 0.29) is 17.3 Å². The molecule has 0 fully saturated rings. The van der Waals surface area contributed by atoms with Crippen molar-refractivity contribution >= 4 is 33.4 Å². The molecule has 1 amide bonds. The third-order valence-corrected chi connectivity index (χ3v) is 7.70. The Balaban J connectivity index is 1.32. The topological polar surface area (TPSA) is 131 Å². The van der Waals surface area contributed by atoms with Crippen LogP contribution in [0.1, 0.15) is 34.2 Å². The molecule has 2 aromatic carbocycles. The van der Waals surface area contributed by atoms with Gasteiger partial charge < -0.3 is 8.98 Å². The summed E-state index contributed by atoms with van der Waals surface area (Å²) in [6.07, 6.45) is 3.13. The molecule has 10 nitrogen and oxygen atoms in total. The molecule has 0 atom stereocenters. The van der Waals surface area contributed by atoms with Gasteiger partial charge in [0.15, 0.2) is 5.16 Å². The zero-order chi connectivity index (χ0) is 25.5. The van der Waals surface area contributed by atoms with Crippen LogP contribution in [0.4, 0.5) is 0 Å². The number of nitrogens with zero attached hydrogens (tertiary/aromatic N) is 4. The summed E-state index contributed by atoms with van der Waals surface area (Å²) in [5, 5.41) is 12.9. The molecule has 0 radical (unpaired) electrons. The third kappa shape index (κ3) is 6.47. The maximum absolute atomic E-state index is 12.5. The number of rotatable bonds is 10. The molecule has 12 heteroatoms. The largest absolute Gasteiger partial charge is 0.468 e. The van der Waals surface area contributed by atoms with Crippen molar-refractivity contribution in [2.45, 2.75) is 29.3 Å². The highest BCUT2D eigenvalue weighted by Gasteiger charge is 2.15. The standard InChI is InChI=1S/C24H24N6O4S2/c1-17(19-9-11-22(12-10-19)36(32,33)26-14-21-4-3-13-34-21)27-28-23(31)20-7-5-18(6-8-20)15-35-24-29-25-16-30(24)2/h3-13,16,26H,14-15H2,1-2H3,(H,28,31)/b27-17+. The molecule has 0 aliphatic carbocycles. The van der Waals surface area contributed by atoms with E-state index in [1.165, 1.54) is 18.4 Å². The molecule has 2 aromatic heterocycles. The van der Waals surface area contributed by atoms with Crippen molar-refractivity contribution in [3.8, 4) is 0 Å². The summed E-state index contributed by atoms with van der Waals surface area (Å²) in [5.74, 6) is 0.878. The second-order valence-corrected chi connectivity index (χ2v) is 10.5. The van der Waals surface area contributed by atoms with E-state index in [1.807, 2.05) is 23.7 Å². The average molecular weight is 525 g/mol. The minimum Gasteiger partial charge on any atom is -0.468 e. The van der Waals surface area contributed by atoms with Crippen LogP contribution in [0.5, 0.6) is 0 Å². The number of nitrogens with one attached hydrogen (secondary N) is 2. The number of hydrazone groups is 1. The van der Waals surface area contributed by atoms with E-state index in [2.05, 4.69) is 25.4 Å². The van der Waals surface area contributed by atoms with Gasteiger partial charge in [0.05, 0.1) is 23.4 Å². The fraction of sp³-hybridized carbons (Fsp3) is 0.167. The van der Waals surface area contributed by atoms with Crippen molar-refractivity contribution in [3.63, 3.8) is 0 Å². The molecule has 186 valence electrons. The highest BCUT2D eigenvalue weighted by Crippen LogP contribution is 2.20. The van der Waals surface area contributed by atoms with Crippen molar-refractivity contribution < 1.29 is 17.6 Å². The normalized spacial score (nSPS) is 12.0. The number of sulfonamides is 1. The van der Waals surface area contributed by atoms with Crippen LogP contribution >= 0.6 is 11.8 Å². The van der Waals surface area contributed by atoms with Gasteiger partial charge in [-0.2, -0.15) is 5.10 Å². The Hall–Kier alpha value is -3.74. The van der Waals surface area contributed by atoms with Gasteiger partial charge in [0.1, 0.15) is 12.1 Å². The first-order valence-electron chi connectivity index (χ1n) is 10.8. The minimum atomic E-state index is -3.69. The van der Waals surface area contributed by atoms with Gasteiger partial charge in [-0.25, -0.2) is 18.6 Å². The lowest BCUT2D eigenvalue weighted by atomic mass is 10.1. The second kappa shape index (κ2) is 11.3. The molecule has 0 aliphatic rings.